The van der Waals surface area contributed by atoms with Crippen molar-refractivity contribution >= 4 is 35.0 Å². The van der Waals surface area contributed by atoms with Crippen molar-refractivity contribution in [2.24, 2.45) is 5.73 Å². The van der Waals surface area contributed by atoms with Gasteiger partial charge < -0.3 is 5.73 Å². The molecular formula is C15H19N7OS2. The molecule has 0 radical (unpaired) electrons. The lowest BCUT2D eigenvalue weighted by molar-refractivity contribution is -0.115. The molecule has 0 spiro atoms. The van der Waals surface area contributed by atoms with Crippen LogP contribution in [-0.2, 0) is 17.6 Å². The summed E-state index contributed by atoms with van der Waals surface area (Å²) in [6.07, 6.45) is 4.99. The Morgan fingerprint density at radius 3 is 3.08 bits per heavy atom. The van der Waals surface area contributed by atoms with Crippen LogP contribution < -0.4 is 21.5 Å². The minimum absolute atomic E-state index is 0.0776. The first-order valence-electron chi connectivity index (χ1n) is 8.46. The molecule has 4 N–H and O–H groups in total. The number of fused-ring (bicyclic) bond motifs is 8. The number of aromatic nitrogens is 3. The quantitative estimate of drug-likeness (QED) is 0.688. The van der Waals surface area contributed by atoms with Gasteiger partial charge in [-0.25, -0.2) is 9.99 Å². The van der Waals surface area contributed by atoms with Gasteiger partial charge in [0.1, 0.15) is 11.2 Å². The van der Waals surface area contributed by atoms with E-state index in [-0.39, 0.29) is 24.0 Å². The van der Waals surface area contributed by atoms with Crippen molar-refractivity contribution in [1.82, 2.24) is 25.5 Å². The van der Waals surface area contributed by atoms with E-state index in [0.29, 0.717) is 5.16 Å². The van der Waals surface area contributed by atoms with Gasteiger partial charge in [0.05, 0.1) is 11.9 Å². The lowest BCUT2D eigenvalue weighted by Crippen LogP contribution is -2.40. The number of hydrogen-bond donors (Lipinski definition) is 3. The second-order valence-electron chi connectivity index (χ2n) is 6.59. The fraction of sp³-hybridized carbons (Fsp3) is 0.533. The number of primary amides is 1. The maximum Gasteiger partial charge on any atom is 0.249 e. The van der Waals surface area contributed by atoms with E-state index >= 15 is 0 Å². The molecule has 3 aliphatic rings. The lowest BCUT2D eigenvalue weighted by Gasteiger charge is -2.31. The number of aryl methyl sites for hydroxylation is 1. The van der Waals surface area contributed by atoms with Gasteiger partial charge in [0.2, 0.25) is 11.9 Å². The number of nitrogens with zero attached hydrogens (tertiary/aromatic N) is 4. The summed E-state index contributed by atoms with van der Waals surface area (Å²) in [5, 5.41) is 16.3. The van der Waals surface area contributed by atoms with Crippen LogP contribution in [0.2, 0.25) is 0 Å². The van der Waals surface area contributed by atoms with E-state index in [1.54, 1.807) is 0 Å². The predicted octanol–water partition coefficient (Wildman–Crippen LogP) is 1.06. The van der Waals surface area contributed by atoms with Gasteiger partial charge in [-0.15, -0.1) is 21.5 Å². The molecule has 132 valence electrons. The molecule has 0 aromatic carbocycles. The zero-order valence-corrected chi connectivity index (χ0v) is 15.4. The van der Waals surface area contributed by atoms with Gasteiger partial charge in [-0.05, 0) is 38.2 Å². The summed E-state index contributed by atoms with van der Waals surface area (Å²) >= 11 is 3.18. The molecule has 0 saturated carbocycles. The summed E-state index contributed by atoms with van der Waals surface area (Å²) in [5.41, 5.74) is 11.6. The third kappa shape index (κ3) is 2.31. The number of amides is 1. The molecule has 1 saturated heterocycles. The average molecular weight is 377 g/mol. The zero-order chi connectivity index (χ0) is 17.1. The van der Waals surface area contributed by atoms with Gasteiger partial charge in [0.25, 0.3) is 0 Å². The van der Waals surface area contributed by atoms with E-state index in [1.807, 2.05) is 11.3 Å². The number of thioether (sulfide) groups is 1. The van der Waals surface area contributed by atoms with Crippen LogP contribution >= 0.6 is 23.1 Å². The third-order valence-corrected chi connectivity index (χ3v) is 7.09. The van der Waals surface area contributed by atoms with Crippen LogP contribution in [0, 0.1) is 0 Å². The molecule has 2 atom stereocenters. The monoisotopic (exact) mass is 377 g/mol. The van der Waals surface area contributed by atoms with Crippen molar-refractivity contribution in [3.63, 3.8) is 0 Å². The minimum Gasteiger partial charge on any atom is -0.369 e. The number of hydrazine groups is 1. The lowest BCUT2D eigenvalue weighted by atomic mass is 9.94. The van der Waals surface area contributed by atoms with Crippen LogP contribution in [-0.4, -0.2) is 32.6 Å². The predicted molar refractivity (Wildman–Crippen MR) is 96.7 cm³/mol. The Labute approximate surface area is 153 Å². The molecule has 2 unspecified atom stereocenters. The van der Waals surface area contributed by atoms with Gasteiger partial charge in [0, 0.05) is 10.4 Å². The van der Waals surface area contributed by atoms with Crippen LogP contribution in [0.15, 0.2) is 5.16 Å². The first-order valence-corrected chi connectivity index (χ1v) is 10.3. The highest BCUT2D eigenvalue weighted by Gasteiger charge is 2.43. The summed E-state index contributed by atoms with van der Waals surface area (Å²) in [7, 11) is 0. The van der Waals surface area contributed by atoms with Crippen molar-refractivity contribution in [1.29, 1.82) is 0 Å². The molecule has 2 aromatic rings. The van der Waals surface area contributed by atoms with E-state index in [4.69, 9.17) is 5.73 Å². The highest BCUT2D eigenvalue weighted by Crippen LogP contribution is 2.47. The Bertz CT molecular complexity index is 860. The Hall–Kier alpha value is -1.62. The maximum atomic E-state index is 11.2. The Balaban J connectivity index is 1.68. The molecule has 1 fully saturated rings. The highest BCUT2D eigenvalue weighted by molar-refractivity contribution is 7.99. The summed E-state index contributed by atoms with van der Waals surface area (Å²) in [6, 6.07) is 0. The van der Waals surface area contributed by atoms with Crippen molar-refractivity contribution in [2.45, 2.75) is 50.1 Å². The number of thiophene rings is 1. The van der Waals surface area contributed by atoms with Gasteiger partial charge in [-0.3, -0.25) is 15.1 Å². The van der Waals surface area contributed by atoms with Crippen molar-refractivity contribution in [2.75, 3.05) is 10.8 Å². The number of anilines is 1. The van der Waals surface area contributed by atoms with E-state index in [0.717, 1.165) is 18.8 Å². The van der Waals surface area contributed by atoms with Crippen LogP contribution in [0.3, 0.4) is 0 Å². The van der Waals surface area contributed by atoms with E-state index in [2.05, 4.69) is 37.4 Å². The number of hydrogen-bond acceptors (Lipinski definition) is 8. The van der Waals surface area contributed by atoms with Crippen LogP contribution in [0.4, 0.5) is 5.95 Å². The zero-order valence-electron chi connectivity index (χ0n) is 13.8. The maximum absolute atomic E-state index is 11.2. The van der Waals surface area contributed by atoms with Crippen molar-refractivity contribution in [3.05, 3.63) is 16.0 Å². The largest absolute Gasteiger partial charge is 0.369 e. The molecule has 2 aliphatic heterocycles. The van der Waals surface area contributed by atoms with Gasteiger partial charge >= 0.3 is 0 Å². The second-order valence-corrected chi connectivity index (χ2v) is 8.62. The van der Waals surface area contributed by atoms with Crippen LogP contribution in [0.5, 0.6) is 0 Å². The minimum atomic E-state index is -0.351. The molecule has 0 bridgehead atoms. The van der Waals surface area contributed by atoms with Gasteiger partial charge in [0.15, 0.2) is 5.16 Å². The fourth-order valence-corrected chi connectivity index (χ4v) is 6.02. The number of nitrogens with two attached hydrogens (primary N) is 1. The molecule has 10 heteroatoms. The Kier molecular flexibility index (Phi) is 3.56. The smallest absolute Gasteiger partial charge is 0.249 e. The number of rotatable bonds is 3. The van der Waals surface area contributed by atoms with E-state index in [9.17, 15) is 4.79 Å². The first-order chi connectivity index (χ1) is 12.1. The number of nitrogens with one attached hydrogen (secondary N) is 2. The van der Waals surface area contributed by atoms with Crippen molar-refractivity contribution in [3.8, 4) is 5.00 Å². The summed E-state index contributed by atoms with van der Waals surface area (Å²) in [5.74, 6) is 0.612. The molecular weight excluding hydrogens is 358 g/mol. The summed E-state index contributed by atoms with van der Waals surface area (Å²) < 4.78 is 2.08. The molecule has 5 rings (SSSR count). The average Bonchev–Trinajstić information content (AvgIpc) is 3.25. The molecule has 1 aliphatic carbocycles. The highest BCUT2D eigenvalue weighted by atomic mass is 32.2. The molecule has 25 heavy (non-hydrogen) atoms. The van der Waals surface area contributed by atoms with Crippen LogP contribution in [0.1, 0.15) is 41.9 Å². The third-order valence-electron chi connectivity index (χ3n) is 4.84. The summed E-state index contributed by atoms with van der Waals surface area (Å²) in [4.78, 5) is 12.7. The van der Waals surface area contributed by atoms with Gasteiger partial charge in [-0.1, -0.05) is 11.8 Å². The van der Waals surface area contributed by atoms with Crippen LogP contribution in [0.25, 0.3) is 5.00 Å². The topological polar surface area (TPSA) is 101 Å². The second kappa shape index (κ2) is 5.70. The molecule has 8 nitrogen and oxygen atoms in total. The van der Waals surface area contributed by atoms with E-state index < -0.39 is 0 Å². The first kappa shape index (κ1) is 15.6. The number of carbonyl (C=O) groups excluding carboxylic acids is 1. The summed E-state index contributed by atoms with van der Waals surface area (Å²) in [6.45, 7) is 2.10. The normalized spacial score (nSPS) is 23.8. The Morgan fingerprint density at radius 1 is 1.40 bits per heavy atom. The molecule has 4 heterocycles. The molecule has 2 aromatic heterocycles. The van der Waals surface area contributed by atoms with Crippen molar-refractivity contribution < 1.29 is 4.79 Å². The van der Waals surface area contributed by atoms with Gasteiger partial charge in [-0.2, -0.15) is 0 Å². The standard InChI is InChI=1S/C15H19N7OS2/c1-7-17-12-11-8-4-2-3-5-9(8)25-13(11)21-14(22(12)20-7)18-19-15(21)24-6-10(16)23/h7,12,17,20H,2-6H2,1H3,(H2,16,23). The van der Waals surface area contributed by atoms with E-state index in [1.165, 1.54) is 45.6 Å². The number of carbonyl (C=O) groups is 1. The SMILES string of the molecule is CC1NC2c3c(sc4c3CCCC4)-n3c(SCC(N)=O)nnc3N2N1. The Morgan fingerprint density at radius 2 is 2.24 bits per heavy atom. The molecule has 1 amide bonds. The fourth-order valence-electron chi connectivity index (χ4n) is 3.87.